The van der Waals surface area contributed by atoms with Gasteiger partial charge < -0.3 is 14.4 Å². The summed E-state index contributed by atoms with van der Waals surface area (Å²) < 4.78 is 37.6. The molecular formula is C17H20ClFNO3P. The molecule has 2 aromatic carbocycles. The topological polar surface area (TPSA) is 47.6 Å². The maximum Gasteiger partial charge on any atom is 0.357 e. The smallest absolute Gasteiger partial charge is 0.357 e. The highest BCUT2D eigenvalue weighted by atomic mass is 35.5. The molecule has 1 unspecified atom stereocenters. The summed E-state index contributed by atoms with van der Waals surface area (Å²) in [5, 5.41) is 3.09. The Labute approximate surface area is 146 Å². The Bertz CT molecular complexity index is 704. The minimum Gasteiger partial charge on any atom is -0.368 e. The zero-order valence-corrected chi connectivity index (χ0v) is 15.2. The van der Waals surface area contributed by atoms with E-state index in [-0.39, 0.29) is 18.2 Å². The number of benzene rings is 2. The van der Waals surface area contributed by atoms with Crippen molar-refractivity contribution in [2.45, 2.75) is 19.6 Å². The second kappa shape index (κ2) is 8.63. The van der Waals surface area contributed by atoms with Gasteiger partial charge in [-0.25, -0.2) is 4.39 Å². The molecule has 2 aromatic rings. The standard InChI is InChI=1S/C17H20ClFNO3P/c1-3-22-24(21,23-4-2)17(13-8-6-5-7-9-13)20-14-10-11-16(19)15(18)12-14/h5-12,17,20H,3-4H2,1-2H3. The molecular weight excluding hydrogens is 352 g/mol. The first-order chi connectivity index (χ1) is 11.5. The zero-order valence-electron chi connectivity index (χ0n) is 13.5. The van der Waals surface area contributed by atoms with Crippen molar-refractivity contribution in [1.29, 1.82) is 0 Å². The van der Waals surface area contributed by atoms with Crippen LogP contribution in [0.5, 0.6) is 0 Å². The van der Waals surface area contributed by atoms with Gasteiger partial charge in [-0.05, 0) is 37.6 Å². The summed E-state index contributed by atoms with van der Waals surface area (Å²) in [6, 6.07) is 13.4. The molecule has 0 radical (unpaired) electrons. The van der Waals surface area contributed by atoms with Crippen LogP contribution in [0, 0.1) is 5.82 Å². The molecule has 0 bridgehead atoms. The third-order valence-corrected chi connectivity index (χ3v) is 5.86. The van der Waals surface area contributed by atoms with Gasteiger partial charge in [0.15, 0.2) is 5.78 Å². The van der Waals surface area contributed by atoms with Crippen molar-refractivity contribution in [3.63, 3.8) is 0 Å². The molecule has 0 aliphatic rings. The Hall–Kier alpha value is -1.39. The lowest BCUT2D eigenvalue weighted by Crippen LogP contribution is -2.15. The normalized spacial score (nSPS) is 12.8. The van der Waals surface area contributed by atoms with Crippen LogP contribution in [0.4, 0.5) is 10.1 Å². The van der Waals surface area contributed by atoms with Crippen LogP contribution < -0.4 is 5.32 Å². The molecule has 0 fully saturated rings. The maximum atomic E-state index is 13.4. The molecule has 0 aliphatic heterocycles. The van der Waals surface area contributed by atoms with Crippen molar-refractivity contribution < 1.29 is 18.0 Å². The number of halogens is 2. The highest BCUT2D eigenvalue weighted by Gasteiger charge is 2.37. The van der Waals surface area contributed by atoms with Gasteiger partial charge in [-0.15, -0.1) is 0 Å². The number of anilines is 1. The molecule has 1 atom stereocenters. The monoisotopic (exact) mass is 371 g/mol. The summed E-state index contributed by atoms with van der Waals surface area (Å²) in [5.41, 5.74) is 1.26. The summed E-state index contributed by atoms with van der Waals surface area (Å²) in [6.07, 6.45) is 0. The van der Waals surface area contributed by atoms with E-state index in [4.69, 9.17) is 20.6 Å². The van der Waals surface area contributed by atoms with Crippen LogP contribution in [-0.2, 0) is 13.6 Å². The third-order valence-electron chi connectivity index (χ3n) is 3.27. The second-order valence-corrected chi connectivity index (χ2v) is 7.48. The minimum absolute atomic E-state index is 0.0190. The summed E-state index contributed by atoms with van der Waals surface area (Å²) in [6.45, 7) is 3.99. The SMILES string of the molecule is CCOP(=O)(OCC)C(Nc1ccc(F)c(Cl)c1)c1ccccc1. The zero-order chi connectivity index (χ0) is 17.6. The van der Waals surface area contributed by atoms with Crippen molar-refractivity contribution in [3.05, 3.63) is 64.9 Å². The molecule has 24 heavy (non-hydrogen) atoms. The van der Waals surface area contributed by atoms with Gasteiger partial charge in [0.2, 0.25) is 0 Å². The van der Waals surface area contributed by atoms with Crippen molar-refractivity contribution >= 4 is 24.9 Å². The Morgan fingerprint density at radius 2 is 1.75 bits per heavy atom. The van der Waals surface area contributed by atoms with Crippen LogP contribution in [0.15, 0.2) is 48.5 Å². The lowest BCUT2D eigenvalue weighted by atomic mass is 10.2. The van der Waals surface area contributed by atoms with Crippen LogP contribution in [0.2, 0.25) is 5.02 Å². The van der Waals surface area contributed by atoms with Gasteiger partial charge in [0, 0.05) is 5.69 Å². The summed E-state index contributed by atoms with van der Waals surface area (Å²) in [7, 11) is -3.49. The predicted octanol–water partition coefficient (Wildman–Crippen LogP) is 5.86. The number of nitrogens with one attached hydrogen (secondary N) is 1. The number of hydrogen-bond acceptors (Lipinski definition) is 4. The minimum atomic E-state index is -3.49. The summed E-state index contributed by atoms with van der Waals surface area (Å²) >= 11 is 5.83. The van der Waals surface area contributed by atoms with E-state index in [0.717, 1.165) is 5.56 Å². The van der Waals surface area contributed by atoms with Gasteiger partial charge in [0.05, 0.1) is 18.2 Å². The van der Waals surface area contributed by atoms with Crippen molar-refractivity contribution in [2.24, 2.45) is 0 Å². The highest BCUT2D eigenvalue weighted by Crippen LogP contribution is 2.60. The molecule has 2 rings (SSSR count). The van der Waals surface area contributed by atoms with Gasteiger partial charge in [0.1, 0.15) is 5.82 Å². The fourth-order valence-corrected chi connectivity index (χ4v) is 4.39. The molecule has 0 saturated carbocycles. The van der Waals surface area contributed by atoms with E-state index in [1.807, 2.05) is 30.3 Å². The first-order valence-corrected chi connectivity index (χ1v) is 9.64. The fourth-order valence-electron chi connectivity index (χ4n) is 2.27. The van der Waals surface area contributed by atoms with E-state index >= 15 is 0 Å². The molecule has 0 saturated heterocycles. The molecule has 7 heteroatoms. The van der Waals surface area contributed by atoms with Crippen LogP contribution >= 0.6 is 19.2 Å². The summed E-state index contributed by atoms with van der Waals surface area (Å²) in [4.78, 5) is 0. The van der Waals surface area contributed by atoms with Crippen molar-refractivity contribution in [1.82, 2.24) is 0 Å². The molecule has 0 aliphatic carbocycles. The van der Waals surface area contributed by atoms with Crippen molar-refractivity contribution in [2.75, 3.05) is 18.5 Å². The Kier molecular flexibility index (Phi) is 6.81. The van der Waals surface area contributed by atoms with E-state index in [1.54, 1.807) is 13.8 Å². The number of rotatable bonds is 8. The van der Waals surface area contributed by atoms with E-state index < -0.39 is 19.2 Å². The largest absolute Gasteiger partial charge is 0.368 e. The molecule has 0 heterocycles. The molecule has 4 nitrogen and oxygen atoms in total. The highest BCUT2D eigenvalue weighted by molar-refractivity contribution is 7.54. The van der Waals surface area contributed by atoms with Crippen LogP contribution in [0.25, 0.3) is 0 Å². The number of hydrogen-bond donors (Lipinski definition) is 1. The third kappa shape index (κ3) is 4.58. The molecule has 0 spiro atoms. The van der Waals surface area contributed by atoms with Gasteiger partial charge in [-0.2, -0.15) is 0 Å². The van der Waals surface area contributed by atoms with Crippen LogP contribution in [-0.4, -0.2) is 13.2 Å². The lowest BCUT2D eigenvalue weighted by Gasteiger charge is -2.28. The van der Waals surface area contributed by atoms with Gasteiger partial charge >= 0.3 is 7.60 Å². The van der Waals surface area contributed by atoms with Crippen LogP contribution in [0.3, 0.4) is 0 Å². The van der Waals surface area contributed by atoms with Crippen molar-refractivity contribution in [3.8, 4) is 0 Å². The van der Waals surface area contributed by atoms with E-state index in [1.165, 1.54) is 18.2 Å². The van der Waals surface area contributed by atoms with Gasteiger partial charge in [0.25, 0.3) is 0 Å². The Balaban J connectivity index is 2.42. The van der Waals surface area contributed by atoms with Crippen LogP contribution in [0.1, 0.15) is 25.2 Å². The molecule has 130 valence electrons. The average molecular weight is 372 g/mol. The fraction of sp³-hybridized carbons (Fsp3) is 0.294. The van der Waals surface area contributed by atoms with E-state index in [0.29, 0.717) is 5.69 Å². The average Bonchev–Trinajstić information content (AvgIpc) is 2.57. The van der Waals surface area contributed by atoms with E-state index in [2.05, 4.69) is 5.32 Å². The molecule has 0 aromatic heterocycles. The first kappa shape index (κ1) is 18.9. The Morgan fingerprint density at radius 1 is 1.12 bits per heavy atom. The second-order valence-electron chi connectivity index (χ2n) is 4.96. The van der Waals surface area contributed by atoms with Gasteiger partial charge in [-0.3, -0.25) is 4.57 Å². The maximum absolute atomic E-state index is 13.4. The van der Waals surface area contributed by atoms with Gasteiger partial charge in [-0.1, -0.05) is 41.9 Å². The summed E-state index contributed by atoms with van der Waals surface area (Å²) in [5.74, 6) is -1.25. The quantitative estimate of drug-likeness (QED) is 0.591. The predicted molar refractivity (Wildman–Crippen MR) is 95.1 cm³/mol. The molecule has 0 amide bonds. The first-order valence-electron chi connectivity index (χ1n) is 7.65. The molecule has 1 N–H and O–H groups in total. The Morgan fingerprint density at radius 3 is 2.29 bits per heavy atom. The van der Waals surface area contributed by atoms with E-state index in [9.17, 15) is 8.96 Å². The lowest BCUT2D eigenvalue weighted by molar-refractivity contribution is 0.214.